The van der Waals surface area contributed by atoms with Crippen molar-refractivity contribution in [2.75, 3.05) is 32.7 Å². The minimum Gasteiger partial charge on any atom is -0.342 e. The highest BCUT2D eigenvalue weighted by Crippen LogP contribution is 2.15. The molecule has 4 heteroatoms. The molecule has 0 bridgehead atoms. The smallest absolute Gasteiger partial charge is 0.236 e. The van der Waals surface area contributed by atoms with Gasteiger partial charge in [-0.3, -0.25) is 9.69 Å². The van der Waals surface area contributed by atoms with E-state index in [0.717, 1.165) is 39.0 Å². The highest BCUT2D eigenvalue weighted by molar-refractivity contribution is 5.78. The lowest BCUT2D eigenvalue weighted by atomic mass is 9.99. The largest absolute Gasteiger partial charge is 0.342 e. The lowest BCUT2D eigenvalue weighted by Gasteiger charge is -2.30. The van der Waals surface area contributed by atoms with Crippen molar-refractivity contribution < 1.29 is 4.79 Å². The maximum absolute atomic E-state index is 11.8. The molecule has 1 amide bonds. The third-order valence-electron chi connectivity index (χ3n) is 3.25. The molecule has 0 N–H and O–H groups in total. The van der Waals surface area contributed by atoms with Crippen molar-refractivity contribution in [1.29, 1.82) is 5.26 Å². The van der Waals surface area contributed by atoms with E-state index >= 15 is 0 Å². The first-order valence-electron chi connectivity index (χ1n) is 6.11. The van der Waals surface area contributed by atoms with E-state index in [2.05, 4.69) is 11.0 Å². The molecule has 1 heterocycles. The monoisotopic (exact) mass is 223 g/mol. The molecule has 4 nitrogen and oxygen atoms in total. The molecule has 0 aromatic heterocycles. The standard InChI is InChI=1S/C12H21N3O/c1-3-15(4-2)12(16)10-14-7-5-11(9-13)6-8-14/h11H,3-8,10H2,1-2H3. The van der Waals surface area contributed by atoms with Crippen molar-refractivity contribution in [3.63, 3.8) is 0 Å². The van der Waals surface area contributed by atoms with Crippen molar-refractivity contribution in [3.8, 4) is 6.07 Å². The average molecular weight is 223 g/mol. The van der Waals surface area contributed by atoms with Crippen LogP contribution in [0.5, 0.6) is 0 Å². The highest BCUT2D eigenvalue weighted by Gasteiger charge is 2.21. The first-order chi connectivity index (χ1) is 7.71. The molecule has 0 aromatic rings. The maximum atomic E-state index is 11.8. The summed E-state index contributed by atoms with van der Waals surface area (Å²) in [6.45, 7) is 7.84. The van der Waals surface area contributed by atoms with Gasteiger partial charge in [0.05, 0.1) is 12.6 Å². The Bertz CT molecular complexity index is 260. The average Bonchev–Trinajstić information content (AvgIpc) is 2.31. The molecular weight excluding hydrogens is 202 g/mol. The van der Waals surface area contributed by atoms with Gasteiger partial charge in [0.2, 0.25) is 5.91 Å². The Labute approximate surface area is 97.8 Å². The zero-order valence-corrected chi connectivity index (χ0v) is 10.3. The minimum absolute atomic E-state index is 0.194. The van der Waals surface area contributed by atoms with Gasteiger partial charge in [0.25, 0.3) is 0 Å². The van der Waals surface area contributed by atoms with Crippen LogP contribution in [-0.2, 0) is 4.79 Å². The number of nitrogens with zero attached hydrogens (tertiary/aromatic N) is 3. The van der Waals surface area contributed by atoms with Crippen LogP contribution >= 0.6 is 0 Å². The Kier molecular flexibility index (Phi) is 5.27. The van der Waals surface area contributed by atoms with Crippen molar-refractivity contribution in [3.05, 3.63) is 0 Å². The number of piperidine rings is 1. The van der Waals surface area contributed by atoms with Gasteiger partial charge in [-0.05, 0) is 39.8 Å². The number of nitriles is 1. The normalized spacial score (nSPS) is 18.1. The molecule has 16 heavy (non-hydrogen) atoms. The maximum Gasteiger partial charge on any atom is 0.236 e. The molecule has 0 radical (unpaired) electrons. The Morgan fingerprint density at radius 3 is 2.38 bits per heavy atom. The number of rotatable bonds is 4. The lowest BCUT2D eigenvalue weighted by molar-refractivity contribution is -0.132. The Morgan fingerprint density at radius 2 is 1.94 bits per heavy atom. The van der Waals surface area contributed by atoms with E-state index in [1.54, 1.807) is 0 Å². The summed E-state index contributed by atoms with van der Waals surface area (Å²) in [6, 6.07) is 2.30. The summed E-state index contributed by atoms with van der Waals surface area (Å²) in [5.41, 5.74) is 0. The van der Waals surface area contributed by atoms with E-state index in [1.165, 1.54) is 0 Å². The first-order valence-corrected chi connectivity index (χ1v) is 6.11. The van der Waals surface area contributed by atoms with Crippen LogP contribution in [-0.4, -0.2) is 48.4 Å². The van der Waals surface area contributed by atoms with Gasteiger partial charge in [-0.1, -0.05) is 0 Å². The van der Waals surface area contributed by atoms with Crippen LogP contribution in [0.25, 0.3) is 0 Å². The predicted molar refractivity (Wildman–Crippen MR) is 62.7 cm³/mol. The molecule has 0 spiro atoms. The van der Waals surface area contributed by atoms with Crippen molar-refractivity contribution in [2.24, 2.45) is 5.92 Å². The van der Waals surface area contributed by atoms with Gasteiger partial charge < -0.3 is 4.90 Å². The number of likely N-dealkylation sites (tertiary alicyclic amines) is 1. The van der Waals surface area contributed by atoms with Gasteiger partial charge >= 0.3 is 0 Å². The number of likely N-dealkylation sites (N-methyl/N-ethyl adjacent to an activating group) is 1. The van der Waals surface area contributed by atoms with Gasteiger partial charge in [0.15, 0.2) is 0 Å². The van der Waals surface area contributed by atoms with Gasteiger partial charge in [-0.2, -0.15) is 5.26 Å². The molecule has 0 aliphatic carbocycles. The summed E-state index contributed by atoms with van der Waals surface area (Å²) in [6.07, 6.45) is 1.81. The van der Waals surface area contributed by atoms with Crippen molar-refractivity contribution >= 4 is 5.91 Å². The predicted octanol–water partition coefficient (Wildman–Crippen LogP) is 1.09. The molecule has 90 valence electrons. The van der Waals surface area contributed by atoms with Gasteiger partial charge in [0, 0.05) is 19.0 Å². The second kappa shape index (κ2) is 6.49. The fraction of sp³-hybridized carbons (Fsp3) is 0.833. The fourth-order valence-corrected chi connectivity index (χ4v) is 2.09. The van der Waals surface area contributed by atoms with Crippen LogP contribution in [0.1, 0.15) is 26.7 Å². The van der Waals surface area contributed by atoms with Gasteiger partial charge in [-0.25, -0.2) is 0 Å². The van der Waals surface area contributed by atoms with E-state index in [9.17, 15) is 4.79 Å². The number of hydrogen-bond acceptors (Lipinski definition) is 3. The second-order valence-electron chi connectivity index (χ2n) is 4.25. The highest BCUT2D eigenvalue weighted by atomic mass is 16.2. The zero-order valence-electron chi connectivity index (χ0n) is 10.3. The molecule has 0 aromatic carbocycles. The van der Waals surface area contributed by atoms with Crippen LogP contribution in [0.3, 0.4) is 0 Å². The lowest BCUT2D eigenvalue weighted by Crippen LogP contribution is -2.43. The zero-order chi connectivity index (χ0) is 12.0. The minimum atomic E-state index is 0.194. The fourth-order valence-electron chi connectivity index (χ4n) is 2.09. The number of hydrogen-bond donors (Lipinski definition) is 0. The third kappa shape index (κ3) is 3.49. The van der Waals surface area contributed by atoms with Gasteiger partial charge in [-0.15, -0.1) is 0 Å². The van der Waals surface area contributed by atoms with Crippen LogP contribution in [0.2, 0.25) is 0 Å². The molecule has 1 rings (SSSR count). The van der Waals surface area contributed by atoms with E-state index in [4.69, 9.17) is 5.26 Å². The van der Waals surface area contributed by atoms with E-state index in [1.807, 2.05) is 18.7 Å². The summed E-state index contributed by atoms with van der Waals surface area (Å²) in [7, 11) is 0. The summed E-state index contributed by atoms with van der Waals surface area (Å²) in [5.74, 6) is 0.403. The Morgan fingerprint density at radius 1 is 1.38 bits per heavy atom. The van der Waals surface area contributed by atoms with E-state index in [-0.39, 0.29) is 11.8 Å². The SMILES string of the molecule is CCN(CC)C(=O)CN1CCC(C#N)CC1. The molecule has 1 saturated heterocycles. The van der Waals surface area contributed by atoms with Crippen molar-refractivity contribution in [1.82, 2.24) is 9.80 Å². The number of carbonyl (C=O) groups is 1. The van der Waals surface area contributed by atoms with E-state index < -0.39 is 0 Å². The number of carbonyl (C=O) groups excluding carboxylic acids is 1. The van der Waals surface area contributed by atoms with Gasteiger partial charge in [0.1, 0.15) is 0 Å². The molecule has 0 unspecified atom stereocenters. The van der Waals surface area contributed by atoms with Crippen LogP contribution in [0.4, 0.5) is 0 Å². The summed E-state index contributed by atoms with van der Waals surface area (Å²) >= 11 is 0. The topological polar surface area (TPSA) is 47.3 Å². The van der Waals surface area contributed by atoms with Crippen LogP contribution in [0, 0.1) is 17.2 Å². The van der Waals surface area contributed by atoms with E-state index in [0.29, 0.717) is 6.54 Å². The molecule has 1 aliphatic rings. The molecule has 0 saturated carbocycles. The molecule has 0 atom stereocenters. The molecule has 1 aliphatic heterocycles. The van der Waals surface area contributed by atoms with Crippen LogP contribution in [0.15, 0.2) is 0 Å². The third-order valence-corrected chi connectivity index (χ3v) is 3.25. The Balaban J connectivity index is 2.33. The summed E-state index contributed by atoms with van der Waals surface area (Å²) in [4.78, 5) is 15.9. The molecular formula is C12H21N3O. The summed E-state index contributed by atoms with van der Waals surface area (Å²) < 4.78 is 0. The quantitative estimate of drug-likeness (QED) is 0.717. The Hall–Kier alpha value is -1.08. The number of amides is 1. The first kappa shape index (κ1) is 13.0. The van der Waals surface area contributed by atoms with Crippen molar-refractivity contribution in [2.45, 2.75) is 26.7 Å². The summed E-state index contributed by atoms with van der Waals surface area (Å²) in [5, 5.41) is 8.78. The molecule has 1 fully saturated rings. The van der Waals surface area contributed by atoms with Crippen LogP contribution < -0.4 is 0 Å². The second-order valence-corrected chi connectivity index (χ2v) is 4.25.